The molecule has 3 N–H and O–H groups in total. The van der Waals surface area contributed by atoms with Gasteiger partial charge >= 0.3 is 0 Å². The Morgan fingerprint density at radius 3 is 2.42 bits per heavy atom. The Morgan fingerprint density at radius 1 is 1.21 bits per heavy atom. The minimum atomic E-state index is -0.504. The highest BCUT2D eigenvalue weighted by Gasteiger charge is 2.08. The van der Waals surface area contributed by atoms with E-state index in [-0.39, 0.29) is 11.6 Å². The van der Waals surface area contributed by atoms with Crippen molar-refractivity contribution in [2.24, 2.45) is 0 Å². The molecule has 0 radical (unpaired) electrons. The lowest BCUT2D eigenvalue weighted by atomic mass is 10.2. The number of pyridine rings is 1. The summed E-state index contributed by atoms with van der Waals surface area (Å²) in [5, 5.41) is 13.1. The molecule has 0 aliphatic heterocycles. The minimum absolute atomic E-state index is 0.0350. The van der Waals surface area contributed by atoms with Gasteiger partial charge in [0, 0.05) is 24.0 Å². The molecule has 1 heterocycles. The van der Waals surface area contributed by atoms with E-state index >= 15 is 0 Å². The Kier molecular flexibility index (Phi) is 3.37. The van der Waals surface area contributed by atoms with Gasteiger partial charge in [0.1, 0.15) is 5.82 Å². The second-order valence-corrected chi connectivity index (χ2v) is 3.73. The molecule has 0 spiro atoms. The van der Waals surface area contributed by atoms with E-state index in [4.69, 9.17) is 5.73 Å². The largest absolute Gasteiger partial charge is 0.384 e. The Morgan fingerprint density at radius 2 is 1.89 bits per heavy atom. The lowest BCUT2D eigenvalue weighted by Crippen LogP contribution is -2.12. The first kappa shape index (κ1) is 12.5. The van der Waals surface area contributed by atoms with E-state index < -0.39 is 4.92 Å². The summed E-state index contributed by atoms with van der Waals surface area (Å²) in [6.45, 7) is 0. The molecule has 2 rings (SSSR count). The smallest absolute Gasteiger partial charge is 0.269 e. The molecule has 1 aromatic carbocycles. The topological polar surface area (TPSA) is 111 Å². The maximum absolute atomic E-state index is 11.8. The van der Waals surface area contributed by atoms with Gasteiger partial charge in [-0.05, 0) is 24.3 Å². The number of hydrogen-bond acceptors (Lipinski definition) is 5. The number of aromatic nitrogens is 1. The van der Waals surface area contributed by atoms with Crippen molar-refractivity contribution in [3.8, 4) is 0 Å². The van der Waals surface area contributed by atoms with Gasteiger partial charge in [0.15, 0.2) is 0 Å². The number of rotatable bonds is 3. The quantitative estimate of drug-likeness (QED) is 0.644. The van der Waals surface area contributed by atoms with Crippen LogP contribution in [0, 0.1) is 10.1 Å². The van der Waals surface area contributed by atoms with E-state index in [0.717, 1.165) is 0 Å². The summed E-state index contributed by atoms with van der Waals surface area (Å²) >= 11 is 0. The Balaban J connectivity index is 2.10. The standard InChI is InChI=1S/C12H10N4O3/c13-11-6-1-8(7-14-11)12(17)15-9-2-4-10(5-3-9)16(18)19/h1-7H,(H2,13,14)(H,15,17). The first-order valence-electron chi connectivity index (χ1n) is 5.33. The fraction of sp³-hybridized carbons (Fsp3) is 0. The number of nitrogens with two attached hydrogens (primary N) is 1. The summed E-state index contributed by atoms with van der Waals surface area (Å²) in [6, 6.07) is 8.61. The fourth-order valence-electron chi connectivity index (χ4n) is 1.41. The third-order valence-electron chi connectivity index (χ3n) is 2.38. The van der Waals surface area contributed by atoms with Gasteiger partial charge in [0.2, 0.25) is 0 Å². The normalized spacial score (nSPS) is 9.89. The van der Waals surface area contributed by atoms with Crippen molar-refractivity contribution in [1.29, 1.82) is 0 Å². The van der Waals surface area contributed by atoms with Gasteiger partial charge in [-0.1, -0.05) is 0 Å². The Labute approximate surface area is 108 Å². The summed E-state index contributed by atoms with van der Waals surface area (Å²) in [7, 11) is 0. The summed E-state index contributed by atoms with van der Waals surface area (Å²) in [4.78, 5) is 25.6. The molecule has 7 nitrogen and oxygen atoms in total. The third kappa shape index (κ3) is 3.03. The van der Waals surface area contributed by atoms with Crippen LogP contribution in [0.5, 0.6) is 0 Å². The number of amides is 1. The molecule has 0 saturated heterocycles. The molecular weight excluding hydrogens is 248 g/mol. The zero-order valence-corrected chi connectivity index (χ0v) is 9.74. The highest BCUT2D eigenvalue weighted by Crippen LogP contribution is 2.16. The lowest BCUT2D eigenvalue weighted by molar-refractivity contribution is -0.384. The second kappa shape index (κ2) is 5.13. The monoisotopic (exact) mass is 258 g/mol. The molecule has 0 fully saturated rings. The summed E-state index contributed by atoms with van der Waals surface area (Å²) < 4.78 is 0. The molecule has 7 heteroatoms. The van der Waals surface area contributed by atoms with Gasteiger partial charge in [0.25, 0.3) is 11.6 Å². The van der Waals surface area contributed by atoms with Crippen LogP contribution < -0.4 is 11.1 Å². The number of nitrogens with one attached hydrogen (secondary N) is 1. The average molecular weight is 258 g/mol. The van der Waals surface area contributed by atoms with E-state index in [2.05, 4.69) is 10.3 Å². The van der Waals surface area contributed by atoms with E-state index in [1.54, 1.807) is 6.07 Å². The third-order valence-corrected chi connectivity index (χ3v) is 2.38. The highest BCUT2D eigenvalue weighted by atomic mass is 16.6. The van der Waals surface area contributed by atoms with Crippen LogP contribution in [0.2, 0.25) is 0 Å². The number of non-ortho nitro benzene ring substituents is 1. The van der Waals surface area contributed by atoms with Crippen molar-refractivity contribution in [1.82, 2.24) is 4.98 Å². The summed E-state index contributed by atoms with van der Waals surface area (Å²) in [5.74, 6) is -0.0340. The van der Waals surface area contributed by atoms with Gasteiger partial charge in [-0.15, -0.1) is 0 Å². The molecule has 0 aliphatic carbocycles. The van der Waals surface area contributed by atoms with Crippen LogP contribution in [0.15, 0.2) is 42.6 Å². The van der Waals surface area contributed by atoms with Crippen molar-refractivity contribution in [3.63, 3.8) is 0 Å². The number of carbonyl (C=O) groups excluding carboxylic acids is 1. The number of hydrogen-bond donors (Lipinski definition) is 2. The number of nitrogens with zero attached hydrogens (tertiary/aromatic N) is 2. The van der Waals surface area contributed by atoms with Crippen LogP contribution >= 0.6 is 0 Å². The van der Waals surface area contributed by atoms with Crippen molar-refractivity contribution in [2.45, 2.75) is 0 Å². The molecule has 0 atom stereocenters. The van der Waals surface area contributed by atoms with Crippen LogP contribution in [0.1, 0.15) is 10.4 Å². The SMILES string of the molecule is Nc1ccc(C(=O)Nc2ccc([N+](=O)[O-])cc2)cn1. The zero-order chi connectivity index (χ0) is 13.8. The molecule has 0 aliphatic rings. The van der Waals surface area contributed by atoms with Crippen LogP contribution in [0.25, 0.3) is 0 Å². The number of nitrogen functional groups attached to an aromatic ring is 1. The molecule has 0 bridgehead atoms. The minimum Gasteiger partial charge on any atom is -0.384 e. The summed E-state index contributed by atoms with van der Waals surface area (Å²) in [5.41, 5.74) is 6.20. The van der Waals surface area contributed by atoms with Gasteiger partial charge in [-0.25, -0.2) is 4.98 Å². The van der Waals surface area contributed by atoms with Crippen molar-refractivity contribution < 1.29 is 9.72 Å². The van der Waals surface area contributed by atoms with E-state index in [1.807, 2.05) is 0 Å². The number of nitro groups is 1. The average Bonchev–Trinajstić information content (AvgIpc) is 2.40. The maximum atomic E-state index is 11.8. The Hall–Kier alpha value is -2.96. The number of carbonyl (C=O) groups is 1. The molecule has 2 aromatic rings. The van der Waals surface area contributed by atoms with Crippen molar-refractivity contribution in [2.75, 3.05) is 11.1 Å². The van der Waals surface area contributed by atoms with E-state index in [1.165, 1.54) is 36.5 Å². The summed E-state index contributed by atoms with van der Waals surface area (Å²) in [6.07, 6.45) is 1.36. The molecule has 1 aromatic heterocycles. The van der Waals surface area contributed by atoms with Crippen LogP contribution in [-0.2, 0) is 0 Å². The molecular formula is C12H10N4O3. The Bertz CT molecular complexity index is 608. The van der Waals surface area contributed by atoms with Gasteiger partial charge < -0.3 is 11.1 Å². The second-order valence-electron chi connectivity index (χ2n) is 3.73. The maximum Gasteiger partial charge on any atom is 0.269 e. The van der Waals surface area contributed by atoms with Gasteiger partial charge in [-0.2, -0.15) is 0 Å². The fourth-order valence-corrected chi connectivity index (χ4v) is 1.41. The van der Waals surface area contributed by atoms with E-state index in [9.17, 15) is 14.9 Å². The first-order chi connectivity index (χ1) is 9.06. The lowest BCUT2D eigenvalue weighted by Gasteiger charge is -2.04. The number of anilines is 2. The highest BCUT2D eigenvalue weighted by molar-refractivity contribution is 6.04. The molecule has 19 heavy (non-hydrogen) atoms. The van der Waals surface area contributed by atoms with Crippen molar-refractivity contribution in [3.05, 3.63) is 58.3 Å². The van der Waals surface area contributed by atoms with Crippen LogP contribution in [0.4, 0.5) is 17.2 Å². The number of benzene rings is 1. The predicted molar refractivity (Wildman–Crippen MR) is 69.7 cm³/mol. The number of nitro benzene ring substituents is 1. The van der Waals surface area contributed by atoms with Crippen molar-refractivity contribution >= 4 is 23.1 Å². The van der Waals surface area contributed by atoms with Crippen LogP contribution in [-0.4, -0.2) is 15.8 Å². The zero-order valence-electron chi connectivity index (χ0n) is 9.74. The predicted octanol–water partition coefficient (Wildman–Crippen LogP) is 1.82. The van der Waals surface area contributed by atoms with Gasteiger partial charge in [0.05, 0.1) is 10.5 Å². The molecule has 0 unspecified atom stereocenters. The molecule has 1 amide bonds. The first-order valence-corrected chi connectivity index (χ1v) is 5.33. The van der Waals surface area contributed by atoms with Crippen LogP contribution in [0.3, 0.4) is 0 Å². The van der Waals surface area contributed by atoms with Gasteiger partial charge in [-0.3, -0.25) is 14.9 Å². The molecule has 0 saturated carbocycles. The molecule has 96 valence electrons. The van der Waals surface area contributed by atoms with E-state index in [0.29, 0.717) is 17.1 Å².